The fraction of sp³-hybridized carbons (Fsp3) is 0.571. The lowest BCUT2D eigenvalue weighted by Crippen LogP contribution is -2.33. The van der Waals surface area contributed by atoms with Crippen molar-refractivity contribution in [1.29, 1.82) is 0 Å². The molecule has 0 unspecified atom stereocenters. The molecule has 0 aromatic heterocycles. The largest absolute Gasteiger partial charge is 0.493 e. The second-order valence-corrected chi connectivity index (χ2v) is 5.31. The maximum atomic E-state index is 5.37. The van der Waals surface area contributed by atoms with Gasteiger partial charge in [0.2, 0.25) is 0 Å². The van der Waals surface area contributed by atoms with Crippen molar-refractivity contribution in [3.8, 4) is 11.5 Å². The lowest BCUT2D eigenvalue weighted by atomic mass is 9.81. The highest BCUT2D eigenvalue weighted by atomic mass is 32.1. The van der Waals surface area contributed by atoms with Gasteiger partial charge in [-0.1, -0.05) is 13.8 Å². The van der Waals surface area contributed by atoms with E-state index in [0.29, 0.717) is 5.88 Å². The van der Waals surface area contributed by atoms with Crippen molar-refractivity contribution in [3.63, 3.8) is 0 Å². The van der Waals surface area contributed by atoms with Crippen molar-refractivity contribution in [2.45, 2.75) is 26.2 Å². The lowest BCUT2D eigenvalue weighted by Gasteiger charge is -2.28. The normalized spacial score (nSPS) is 11.4. The van der Waals surface area contributed by atoms with Crippen molar-refractivity contribution < 1.29 is 9.47 Å². The topological polar surface area (TPSA) is 30.5 Å². The van der Waals surface area contributed by atoms with Crippen LogP contribution in [-0.4, -0.2) is 26.6 Å². The Labute approximate surface area is 115 Å². The minimum absolute atomic E-state index is 0.0202. The van der Waals surface area contributed by atoms with Crippen LogP contribution in [0.3, 0.4) is 0 Å². The smallest absolute Gasteiger partial charge is 0.161 e. The molecule has 1 aromatic rings. The third-order valence-corrected chi connectivity index (χ3v) is 3.36. The van der Waals surface area contributed by atoms with E-state index in [-0.39, 0.29) is 5.41 Å². The van der Waals surface area contributed by atoms with Gasteiger partial charge in [0, 0.05) is 17.8 Å². The summed E-state index contributed by atoms with van der Waals surface area (Å²) in [5.41, 5.74) is 2.49. The zero-order chi connectivity index (χ0) is 13.8. The minimum Gasteiger partial charge on any atom is -0.493 e. The van der Waals surface area contributed by atoms with Gasteiger partial charge in [0.15, 0.2) is 11.5 Å². The Hall–Kier alpha value is -0.870. The molecule has 0 heterocycles. The molecule has 18 heavy (non-hydrogen) atoms. The maximum absolute atomic E-state index is 5.37. The molecule has 4 heteroatoms. The van der Waals surface area contributed by atoms with E-state index in [1.807, 2.05) is 6.07 Å². The molecule has 0 radical (unpaired) electrons. The molecule has 1 rings (SSSR count). The molecular formula is C14H23NO2S. The van der Waals surface area contributed by atoms with Crippen molar-refractivity contribution in [1.82, 2.24) is 5.32 Å². The Morgan fingerprint density at radius 2 is 1.72 bits per heavy atom. The van der Waals surface area contributed by atoms with Crippen LogP contribution < -0.4 is 14.8 Å². The highest BCUT2D eigenvalue weighted by molar-refractivity contribution is 7.80. The minimum atomic E-state index is 0.0202. The van der Waals surface area contributed by atoms with Gasteiger partial charge in [0.05, 0.1) is 14.2 Å². The van der Waals surface area contributed by atoms with E-state index in [9.17, 15) is 0 Å². The molecule has 0 atom stereocenters. The van der Waals surface area contributed by atoms with E-state index >= 15 is 0 Å². The standard InChI is InChI=1S/C14H23NO2S/c1-10-6-12(16-4)13(17-5)7-11(10)14(2,3)8-15-9-18/h6-7,15,18H,8-9H2,1-5H3. The van der Waals surface area contributed by atoms with Gasteiger partial charge in [-0.25, -0.2) is 0 Å². The number of hydrogen-bond donors (Lipinski definition) is 2. The van der Waals surface area contributed by atoms with Crippen LogP contribution in [-0.2, 0) is 5.41 Å². The van der Waals surface area contributed by atoms with Crippen LogP contribution in [0, 0.1) is 6.92 Å². The number of benzene rings is 1. The highest BCUT2D eigenvalue weighted by Gasteiger charge is 2.24. The zero-order valence-electron chi connectivity index (χ0n) is 11.8. The van der Waals surface area contributed by atoms with Crippen molar-refractivity contribution in [2.75, 3.05) is 26.6 Å². The van der Waals surface area contributed by atoms with Crippen LogP contribution in [0.25, 0.3) is 0 Å². The first-order valence-electron chi connectivity index (χ1n) is 6.01. The summed E-state index contributed by atoms with van der Waals surface area (Å²) < 4.78 is 10.7. The number of methoxy groups -OCH3 is 2. The highest BCUT2D eigenvalue weighted by Crippen LogP contribution is 2.35. The van der Waals surface area contributed by atoms with E-state index in [2.05, 4.69) is 44.8 Å². The average Bonchev–Trinajstić information content (AvgIpc) is 2.35. The van der Waals surface area contributed by atoms with Gasteiger partial charge in [-0.15, -0.1) is 0 Å². The van der Waals surface area contributed by atoms with E-state index < -0.39 is 0 Å². The maximum Gasteiger partial charge on any atom is 0.161 e. The number of thiol groups is 1. The van der Waals surface area contributed by atoms with Crippen molar-refractivity contribution in [2.24, 2.45) is 0 Å². The predicted molar refractivity (Wildman–Crippen MR) is 79.2 cm³/mol. The number of ether oxygens (including phenoxy) is 2. The van der Waals surface area contributed by atoms with Gasteiger partial charge in [-0.3, -0.25) is 0 Å². The summed E-state index contributed by atoms with van der Waals surface area (Å²) >= 11 is 4.19. The van der Waals surface area contributed by atoms with Crippen LogP contribution in [0.4, 0.5) is 0 Å². The summed E-state index contributed by atoms with van der Waals surface area (Å²) in [6.45, 7) is 7.38. The molecule has 0 aliphatic carbocycles. The Morgan fingerprint density at radius 1 is 1.17 bits per heavy atom. The van der Waals surface area contributed by atoms with Gasteiger partial charge >= 0.3 is 0 Å². The molecule has 0 saturated heterocycles. The van der Waals surface area contributed by atoms with Crippen LogP contribution in [0.1, 0.15) is 25.0 Å². The molecule has 0 aliphatic heterocycles. The van der Waals surface area contributed by atoms with Gasteiger partial charge in [-0.2, -0.15) is 12.6 Å². The summed E-state index contributed by atoms with van der Waals surface area (Å²) in [5.74, 6) is 2.23. The number of rotatable bonds is 6. The quantitative estimate of drug-likeness (QED) is 0.615. The van der Waals surface area contributed by atoms with Crippen LogP contribution in [0.15, 0.2) is 12.1 Å². The fourth-order valence-electron chi connectivity index (χ4n) is 2.17. The average molecular weight is 269 g/mol. The molecule has 0 spiro atoms. The fourth-order valence-corrected chi connectivity index (χ4v) is 2.29. The molecule has 0 aliphatic rings. The molecule has 3 nitrogen and oxygen atoms in total. The molecule has 0 fully saturated rings. The van der Waals surface area contributed by atoms with Crippen LogP contribution in [0.2, 0.25) is 0 Å². The third-order valence-electron chi connectivity index (χ3n) is 3.14. The zero-order valence-corrected chi connectivity index (χ0v) is 12.7. The molecule has 0 amide bonds. The predicted octanol–water partition coefficient (Wildman–Crippen LogP) is 2.77. The Balaban J connectivity index is 3.15. The first kappa shape index (κ1) is 15.2. The summed E-state index contributed by atoms with van der Waals surface area (Å²) in [6.07, 6.45) is 0. The Bertz CT molecular complexity index is 405. The molecule has 0 saturated carbocycles. The van der Waals surface area contributed by atoms with E-state index in [4.69, 9.17) is 9.47 Å². The summed E-state index contributed by atoms with van der Waals surface area (Å²) in [7, 11) is 3.32. The van der Waals surface area contributed by atoms with Crippen LogP contribution >= 0.6 is 12.6 Å². The Kier molecular flexibility index (Phi) is 5.35. The van der Waals surface area contributed by atoms with Gasteiger partial charge < -0.3 is 14.8 Å². The first-order valence-corrected chi connectivity index (χ1v) is 6.64. The van der Waals surface area contributed by atoms with E-state index in [1.54, 1.807) is 14.2 Å². The monoisotopic (exact) mass is 269 g/mol. The molecule has 1 aromatic carbocycles. The number of nitrogens with one attached hydrogen (secondary N) is 1. The van der Waals surface area contributed by atoms with Gasteiger partial charge in [-0.05, 0) is 30.2 Å². The molecular weight excluding hydrogens is 246 g/mol. The van der Waals surface area contributed by atoms with E-state index in [0.717, 1.165) is 18.0 Å². The molecule has 102 valence electrons. The second-order valence-electron chi connectivity index (χ2n) is 4.99. The molecule has 1 N–H and O–H groups in total. The van der Waals surface area contributed by atoms with Crippen molar-refractivity contribution >= 4 is 12.6 Å². The van der Waals surface area contributed by atoms with Gasteiger partial charge in [0.1, 0.15) is 0 Å². The van der Waals surface area contributed by atoms with E-state index in [1.165, 1.54) is 11.1 Å². The van der Waals surface area contributed by atoms with Gasteiger partial charge in [0.25, 0.3) is 0 Å². The van der Waals surface area contributed by atoms with Crippen LogP contribution in [0.5, 0.6) is 11.5 Å². The summed E-state index contributed by atoms with van der Waals surface area (Å²) in [4.78, 5) is 0. The summed E-state index contributed by atoms with van der Waals surface area (Å²) in [5, 5.41) is 3.27. The SMILES string of the molecule is COc1cc(C)c(C(C)(C)CNCS)cc1OC. The molecule has 0 bridgehead atoms. The first-order chi connectivity index (χ1) is 8.46. The second kappa shape index (κ2) is 6.34. The van der Waals surface area contributed by atoms with Crippen molar-refractivity contribution in [3.05, 3.63) is 23.3 Å². The third kappa shape index (κ3) is 3.33. The number of hydrogen-bond acceptors (Lipinski definition) is 4. The number of aryl methyl sites for hydroxylation is 1. The summed E-state index contributed by atoms with van der Waals surface area (Å²) in [6, 6.07) is 4.09. The Morgan fingerprint density at radius 3 is 2.22 bits per heavy atom. The lowest BCUT2D eigenvalue weighted by molar-refractivity contribution is 0.352.